The van der Waals surface area contributed by atoms with Crippen molar-refractivity contribution in [1.82, 2.24) is 4.72 Å². The summed E-state index contributed by atoms with van der Waals surface area (Å²) in [5.41, 5.74) is 1.84. The molecule has 0 heterocycles. The summed E-state index contributed by atoms with van der Waals surface area (Å²) in [4.78, 5) is 10.2. The van der Waals surface area contributed by atoms with Gasteiger partial charge in [-0.1, -0.05) is 60.7 Å². The van der Waals surface area contributed by atoms with Gasteiger partial charge in [0.05, 0.1) is 12.0 Å². The third-order valence-electron chi connectivity index (χ3n) is 4.78. The Labute approximate surface area is 175 Å². The minimum atomic E-state index is -4.00. The molecule has 0 saturated carbocycles. The highest BCUT2D eigenvalue weighted by molar-refractivity contribution is 7.89. The summed E-state index contributed by atoms with van der Waals surface area (Å²) in [6.45, 7) is 0.155. The minimum Gasteiger partial charge on any atom is -0.495 e. The molecule has 0 aromatic heterocycles. The number of hydrogen-bond donors (Lipinski definition) is 1. The van der Waals surface area contributed by atoms with E-state index in [0.29, 0.717) is 6.42 Å². The second kappa shape index (κ2) is 9.51. The molecular weight excluding hydrogens is 404 g/mol. The average molecular weight is 426 g/mol. The zero-order valence-electron chi connectivity index (χ0n) is 16.4. The minimum absolute atomic E-state index is 0.00195. The van der Waals surface area contributed by atoms with Crippen LogP contribution in [0.1, 0.15) is 23.5 Å². The van der Waals surface area contributed by atoms with Crippen molar-refractivity contribution in [2.45, 2.75) is 17.2 Å². The second-order valence-electron chi connectivity index (χ2n) is 6.65. The molecule has 0 spiro atoms. The lowest BCUT2D eigenvalue weighted by molar-refractivity contribution is -0.385. The number of benzene rings is 3. The van der Waals surface area contributed by atoms with Gasteiger partial charge in [0.15, 0.2) is 0 Å². The van der Waals surface area contributed by atoms with Crippen LogP contribution in [0, 0.1) is 10.1 Å². The van der Waals surface area contributed by atoms with E-state index in [2.05, 4.69) is 4.72 Å². The number of non-ortho nitro benzene ring substituents is 1. The fraction of sp³-hybridized carbons (Fsp3) is 0.182. The molecule has 1 N–H and O–H groups in total. The van der Waals surface area contributed by atoms with Crippen molar-refractivity contribution < 1.29 is 18.1 Å². The maximum Gasteiger partial charge on any atom is 0.271 e. The van der Waals surface area contributed by atoms with Crippen LogP contribution in [0.15, 0.2) is 83.8 Å². The lowest BCUT2D eigenvalue weighted by Crippen LogP contribution is -2.26. The molecule has 0 atom stereocenters. The summed E-state index contributed by atoms with van der Waals surface area (Å²) < 4.78 is 33.3. The van der Waals surface area contributed by atoms with E-state index in [9.17, 15) is 18.5 Å². The molecule has 0 aliphatic carbocycles. The first-order valence-electron chi connectivity index (χ1n) is 9.34. The van der Waals surface area contributed by atoms with Gasteiger partial charge in [0.25, 0.3) is 5.69 Å². The molecule has 0 fully saturated rings. The van der Waals surface area contributed by atoms with Gasteiger partial charge in [-0.15, -0.1) is 0 Å². The molecule has 3 aromatic rings. The molecule has 156 valence electrons. The Kier molecular flexibility index (Phi) is 6.81. The number of ether oxygens (including phenoxy) is 1. The highest BCUT2D eigenvalue weighted by atomic mass is 32.2. The van der Waals surface area contributed by atoms with E-state index in [0.717, 1.165) is 17.2 Å². The van der Waals surface area contributed by atoms with Gasteiger partial charge >= 0.3 is 0 Å². The maximum atomic E-state index is 12.8. The van der Waals surface area contributed by atoms with Crippen LogP contribution in [0.2, 0.25) is 0 Å². The van der Waals surface area contributed by atoms with Crippen LogP contribution >= 0.6 is 0 Å². The molecule has 0 radical (unpaired) electrons. The first-order valence-corrected chi connectivity index (χ1v) is 10.8. The van der Waals surface area contributed by atoms with Crippen LogP contribution in [0.3, 0.4) is 0 Å². The van der Waals surface area contributed by atoms with Gasteiger partial charge in [0.2, 0.25) is 10.0 Å². The molecule has 0 unspecified atom stereocenters. The Morgan fingerprint density at radius 3 is 2.03 bits per heavy atom. The van der Waals surface area contributed by atoms with Gasteiger partial charge in [-0.3, -0.25) is 10.1 Å². The third kappa shape index (κ3) is 5.03. The second-order valence-corrected chi connectivity index (χ2v) is 8.39. The van der Waals surface area contributed by atoms with Crippen molar-refractivity contribution >= 4 is 15.7 Å². The summed E-state index contributed by atoms with van der Waals surface area (Å²) in [5.74, 6) is 0.0536. The largest absolute Gasteiger partial charge is 0.495 e. The summed E-state index contributed by atoms with van der Waals surface area (Å²) in [6, 6.07) is 23.2. The highest BCUT2D eigenvalue weighted by Crippen LogP contribution is 2.30. The molecule has 7 nitrogen and oxygen atoms in total. The van der Waals surface area contributed by atoms with Crippen molar-refractivity contribution in [3.05, 3.63) is 100 Å². The van der Waals surface area contributed by atoms with E-state index in [4.69, 9.17) is 4.74 Å². The highest BCUT2D eigenvalue weighted by Gasteiger charge is 2.23. The Bertz CT molecular complexity index is 1060. The smallest absolute Gasteiger partial charge is 0.271 e. The molecule has 0 aliphatic heterocycles. The lowest BCUT2D eigenvalue weighted by atomic mass is 9.89. The number of rotatable bonds is 9. The Morgan fingerprint density at radius 2 is 1.53 bits per heavy atom. The molecule has 30 heavy (non-hydrogen) atoms. The first-order chi connectivity index (χ1) is 14.4. The predicted octanol–water partition coefficient (Wildman–Crippen LogP) is 4.10. The first kappa shape index (κ1) is 21.5. The van der Waals surface area contributed by atoms with E-state index in [1.807, 2.05) is 60.7 Å². The van der Waals surface area contributed by atoms with E-state index in [1.165, 1.54) is 19.2 Å². The standard InChI is InChI=1S/C22H22N2O5S/c1-29-21-13-12-19(24(25)26)16-22(21)30(27,28)23-15-14-20(17-8-4-2-5-9-17)18-10-6-3-7-11-18/h2-13,16,20,23H,14-15H2,1H3. The van der Waals surface area contributed by atoms with Gasteiger partial charge in [0.1, 0.15) is 10.6 Å². The zero-order valence-corrected chi connectivity index (χ0v) is 17.2. The number of hydrogen-bond acceptors (Lipinski definition) is 5. The Hall–Kier alpha value is -3.23. The molecule has 0 saturated heterocycles. The van der Waals surface area contributed by atoms with Crippen LogP contribution in [0.25, 0.3) is 0 Å². The number of nitrogens with one attached hydrogen (secondary N) is 1. The van der Waals surface area contributed by atoms with Crippen LogP contribution < -0.4 is 9.46 Å². The molecule has 0 bridgehead atoms. The van der Waals surface area contributed by atoms with Gasteiger partial charge in [0, 0.05) is 24.6 Å². The third-order valence-corrected chi connectivity index (χ3v) is 6.26. The SMILES string of the molecule is COc1ccc([N+](=O)[O-])cc1S(=O)(=O)NCCC(c1ccccc1)c1ccccc1. The molecule has 0 aliphatic rings. The lowest BCUT2D eigenvalue weighted by Gasteiger charge is -2.19. The summed E-state index contributed by atoms with van der Waals surface area (Å²) in [7, 11) is -2.68. The van der Waals surface area contributed by atoms with Crippen molar-refractivity contribution in [3.8, 4) is 5.75 Å². The van der Waals surface area contributed by atoms with Crippen LogP contribution in [0.4, 0.5) is 5.69 Å². The Morgan fingerprint density at radius 1 is 0.967 bits per heavy atom. The molecule has 8 heteroatoms. The van der Waals surface area contributed by atoms with E-state index >= 15 is 0 Å². The quantitative estimate of drug-likeness (QED) is 0.410. The molecule has 3 rings (SSSR count). The number of methoxy groups -OCH3 is 1. The topological polar surface area (TPSA) is 98.5 Å². The summed E-state index contributed by atoms with van der Waals surface area (Å²) >= 11 is 0. The number of nitrogens with zero attached hydrogens (tertiary/aromatic N) is 1. The Balaban J connectivity index is 1.81. The van der Waals surface area contributed by atoms with Crippen molar-refractivity contribution in [1.29, 1.82) is 0 Å². The van der Waals surface area contributed by atoms with Gasteiger partial charge in [-0.2, -0.15) is 0 Å². The van der Waals surface area contributed by atoms with Crippen LogP contribution in [0.5, 0.6) is 5.75 Å². The van der Waals surface area contributed by atoms with E-state index in [-0.39, 0.29) is 28.8 Å². The van der Waals surface area contributed by atoms with E-state index < -0.39 is 14.9 Å². The molecule has 3 aromatic carbocycles. The van der Waals surface area contributed by atoms with Crippen LogP contribution in [-0.4, -0.2) is 27.0 Å². The predicted molar refractivity (Wildman–Crippen MR) is 114 cm³/mol. The maximum absolute atomic E-state index is 12.8. The number of nitro groups is 1. The number of nitro benzene ring substituents is 1. The van der Waals surface area contributed by atoms with Crippen LogP contribution in [-0.2, 0) is 10.0 Å². The van der Waals surface area contributed by atoms with Crippen molar-refractivity contribution in [2.75, 3.05) is 13.7 Å². The normalized spacial score (nSPS) is 11.4. The van der Waals surface area contributed by atoms with E-state index in [1.54, 1.807) is 0 Å². The van der Waals surface area contributed by atoms with Gasteiger partial charge in [-0.05, 0) is 23.6 Å². The average Bonchev–Trinajstić information content (AvgIpc) is 2.77. The van der Waals surface area contributed by atoms with Crippen molar-refractivity contribution in [2.24, 2.45) is 0 Å². The van der Waals surface area contributed by atoms with Gasteiger partial charge in [-0.25, -0.2) is 13.1 Å². The van der Waals surface area contributed by atoms with Crippen molar-refractivity contribution in [3.63, 3.8) is 0 Å². The molecular formula is C22H22N2O5S. The fourth-order valence-corrected chi connectivity index (χ4v) is 4.54. The summed E-state index contributed by atoms with van der Waals surface area (Å²) in [6.07, 6.45) is 0.518. The molecule has 0 amide bonds. The zero-order chi connectivity index (χ0) is 21.6. The summed E-state index contributed by atoms with van der Waals surface area (Å²) in [5, 5.41) is 11.0. The fourth-order valence-electron chi connectivity index (χ4n) is 3.30. The monoisotopic (exact) mass is 426 g/mol. The van der Waals surface area contributed by atoms with Gasteiger partial charge < -0.3 is 4.74 Å². The number of sulfonamides is 1.